The number of piperazine rings is 1. The summed E-state index contributed by atoms with van der Waals surface area (Å²) in [7, 11) is 0. The lowest BCUT2D eigenvalue weighted by Gasteiger charge is -2.36. The molecule has 1 aliphatic heterocycles. The van der Waals surface area contributed by atoms with Gasteiger partial charge < -0.3 is 18.7 Å². The van der Waals surface area contributed by atoms with Gasteiger partial charge in [-0.1, -0.05) is 25.9 Å². The highest BCUT2D eigenvalue weighted by Crippen LogP contribution is 2.24. The van der Waals surface area contributed by atoms with Crippen molar-refractivity contribution in [3.63, 3.8) is 0 Å². The fraction of sp³-hybridized carbons (Fsp3) is 0.522. The summed E-state index contributed by atoms with van der Waals surface area (Å²) >= 11 is 0. The summed E-state index contributed by atoms with van der Waals surface area (Å²) in [5.41, 5.74) is 5.20. The number of aryl methyl sites for hydroxylation is 2. The lowest BCUT2D eigenvalue weighted by atomic mass is 9.93. The number of aromatic nitrogens is 3. The smallest absolute Gasteiger partial charge is 0.223 e. The van der Waals surface area contributed by atoms with E-state index in [0.29, 0.717) is 12.8 Å². The third-order valence-electron chi connectivity index (χ3n) is 5.97. The van der Waals surface area contributed by atoms with Gasteiger partial charge in [0, 0.05) is 56.0 Å². The first-order valence-electron chi connectivity index (χ1n) is 10.7. The Morgan fingerprint density at radius 3 is 2.47 bits per heavy atom. The topological polar surface area (TPSA) is 66.9 Å². The molecular formula is C23H31N5O2. The van der Waals surface area contributed by atoms with Gasteiger partial charge in [-0.05, 0) is 32.4 Å². The number of imidazole rings is 1. The normalized spacial score (nSPS) is 15.2. The van der Waals surface area contributed by atoms with Gasteiger partial charge >= 0.3 is 0 Å². The zero-order valence-corrected chi connectivity index (χ0v) is 18.6. The molecule has 1 amide bonds. The van der Waals surface area contributed by atoms with Crippen LogP contribution < -0.4 is 4.90 Å². The van der Waals surface area contributed by atoms with Gasteiger partial charge in [-0.2, -0.15) is 0 Å². The van der Waals surface area contributed by atoms with Crippen molar-refractivity contribution in [3.8, 4) is 0 Å². The maximum Gasteiger partial charge on any atom is 0.223 e. The first kappa shape index (κ1) is 20.4. The zero-order valence-electron chi connectivity index (χ0n) is 18.6. The van der Waals surface area contributed by atoms with Gasteiger partial charge in [0.1, 0.15) is 11.4 Å². The van der Waals surface area contributed by atoms with Crippen LogP contribution in [0, 0.1) is 13.8 Å². The molecule has 3 aromatic heterocycles. The van der Waals surface area contributed by atoms with E-state index in [0.717, 1.165) is 54.5 Å². The molecule has 3 aromatic rings. The minimum Gasteiger partial charge on any atom is -0.367 e. The lowest BCUT2D eigenvalue weighted by Crippen LogP contribution is -2.48. The van der Waals surface area contributed by atoms with Crippen LogP contribution in [0.15, 0.2) is 29.0 Å². The number of nitrogens with zero attached hydrogens (tertiary/aromatic N) is 5. The van der Waals surface area contributed by atoms with Crippen molar-refractivity contribution in [2.75, 3.05) is 31.1 Å². The Labute approximate surface area is 177 Å². The van der Waals surface area contributed by atoms with Crippen LogP contribution in [0.2, 0.25) is 0 Å². The highest BCUT2D eigenvalue weighted by molar-refractivity contribution is 5.77. The van der Waals surface area contributed by atoms with E-state index < -0.39 is 0 Å². The van der Waals surface area contributed by atoms with E-state index in [4.69, 9.17) is 9.51 Å². The average molecular weight is 410 g/mol. The molecule has 1 saturated heterocycles. The Kier molecular flexibility index (Phi) is 5.30. The number of hydrogen-bond acceptors (Lipinski definition) is 5. The van der Waals surface area contributed by atoms with E-state index in [2.05, 4.69) is 59.8 Å². The minimum atomic E-state index is 0.0295. The highest BCUT2D eigenvalue weighted by Gasteiger charge is 2.23. The van der Waals surface area contributed by atoms with Crippen molar-refractivity contribution in [1.29, 1.82) is 0 Å². The predicted molar refractivity (Wildman–Crippen MR) is 117 cm³/mol. The molecule has 0 N–H and O–H groups in total. The molecule has 7 heteroatoms. The second-order valence-corrected chi connectivity index (χ2v) is 9.20. The molecule has 4 rings (SSSR count). The van der Waals surface area contributed by atoms with Crippen LogP contribution in [0.3, 0.4) is 0 Å². The van der Waals surface area contributed by atoms with Crippen molar-refractivity contribution >= 4 is 17.2 Å². The number of anilines is 1. The van der Waals surface area contributed by atoms with Crippen LogP contribution in [0.5, 0.6) is 0 Å². The van der Waals surface area contributed by atoms with E-state index in [1.807, 2.05) is 18.7 Å². The SMILES string of the molecule is Cc1noc(C)c1CCC(=O)N1CCN(c2ccc3nc(C(C)(C)C)cn3c2)CC1. The molecule has 0 spiro atoms. The van der Waals surface area contributed by atoms with E-state index in [1.54, 1.807) is 0 Å². The van der Waals surface area contributed by atoms with Crippen molar-refractivity contribution in [3.05, 3.63) is 47.2 Å². The molecule has 0 aliphatic carbocycles. The first-order valence-corrected chi connectivity index (χ1v) is 10.7. The number of hydrogen-bond donors (Lipinski definition) is 0. The number of pyridine rings is 1. The Bertz CT molecular complexity index is 1030. The van der Waals surface area contributed by atoms with E-state index in [9.17, 15) is 4.79 Å². The second-order valence-electron chi connectivity index (χ2n) is 9.20. The zero-order chi connectivity index (χ0) is 21.5. The molecule has 1 aliphatic rings. The third-order valence-corrected chi connectivity index (χ3v) is 5.97. The molecule has 0 aromatic carbocycles. The average Bonchev–Trinajstić information content (AvgIpc) is 3.29. The van der Waals surface area contributed by atoms with Gasteiger partial charge in [-0.15, -0.1) is 0 Å². The monoisotopic (exact) mass is 409 g/mol. The summed E-state index contributed by atoms with van der Waals surface area (Å²) in [4.78, 5) is 21.7. The summed E-state index contributed by atoms with van der Waals surface area (Å²) in [6.45, 7) is 13.5. The molecule has 0 atom stereocenters. The minimum absolute atomic E-state index is 0.0295. The maximum atomic E-state index is 12.7. The molecular weight excluding hydrogens is 378 g/mol. The molecule has 30 heavy (non-hydrogen) atoms. The van der Waals surface area contributed by atoms with Gasteiger partial charge in [0.2, 0.25) is 5.91 Å². The third kappa shape index (κ3) is 4.06. The van der Waals surface area contributed by atoms with Gasteiger partial charge in [0.25, 0.3) is 0 Å². The summed E-state index contributed by atoms with van der Waals surface area (Å²) < 4.78 is 7.31. The Morgan fingerprint density at radius 1 is 1.10 bits per heavy atom. The fourth-order valence-electron chi connectivity index (χ4n) is 3.99. The van der Waals surface area contributed by atoms with E-state index >= 15 is 0 Å². The van der Waals surface area contributed by atoms with E-state index in [-0.39, 0.29) is 11.3 Å². The van der Waals surface area contributed by atoms with Crippen LogP contribution in [0.4, 0.5) is 5.69 Å². The molecule has 0 radical (unpaired) electrons. The highest BCUT2D eigenvalue weighted by atomic mass is 16.5. The molecule has 0 unspecified atom stereocenters. The molecule has 1 fully saturated rings. The van der Waals surface area contributed by atoms with Crippen molar-refractivity contribution in [1.82, 2.24) is 19.4 Å². The summed E-state index contributed by atoms with van der Waals surface area (Å²) in [6.07, 6.45) is 5.45. The molecule has 4 heterocycles. The first-order chi connectivity index (χ1) is 14.2. The number of rotatable bonds is 4. The quantitative estimate of drug-likeness (QED) is 0.660. The fourth-order valence-corrected chi connectivity index (χ4v) is 3.99. The summed E-state index contributed by atoms with van der Waals surface area (Å²) in [5, 5.41) is 3.97. The molecule has 0 saturated carbocycles. The summed E-state index contributed by atoms with van der Waals surface area (Å²) in [6, 6.07) is 4.20. The summed E-state index contributed by atoms with van der Waals surface area (Å²) in [5.74, 6) is 1.02. The Morgan fingerprint density at radius 2 is 1.83 bits per heavy atom. The largest absolute Gasteiger partial charge is 0.367 e. The van der Waals surface area contributed by atoms with Crippen LogP contribution >= 0.6 is 0 Å². The van der Waals surface area contributed by atoms with Crippen LogP contribution in [0.25, 0.3) is 5.65 Å². The maximum absolute atomic E-state index is 12.7. The number of fused-ring (bicyclic) bond motifs is 1. The van der Waals surface area contributed by atoms with Crippen molar-refractivity contribution < 1.29 is 9.32 Å². The standard InChI is InChI=1S/C23H31N5O2/c1-16-19(17(2)30-25-16)7-9-22(29)27-12-10-26(11-13-27)18-6-8-21-24-20(23(3,4)5)15-28(21)14-18/h6,8,14-15H,7,9-13H2,1-5H3. The predicted octanol–water partition coefficient (Wildman–Crippen LogP) is 3.52. The van der Waals surface area contributed by atoms with Crippen LogP contribution in [-0.2, 0) is 16.6 Å². The molecule has 0 bridgehead atoms. The van der Waals surface area contributed by atoms with Crippen LogP contribution in [0.1, 0.15) is 49.9 Å². The van der Waals surface area contributed by atoms with E-state index in [1.165, 1.54) is 5.69 Å². The Balaban J connectivity index is 1.36. The second kappa shape index (κ2) is 7.78. The number of carbonyl (C=O) groups excluding carboxylic acids is 1. The van der Waals surface area contributed by atoms with Gasteiger partial charge in [0.05, 0.1) is 17.1 Å². The number of amides is 1. The molecule has 7 nitrogen and oxygen atoms in total. The number of carbonyl (C=O) groups is 1. The van der Waals surface area contributed by atoms with Gasteiger partial charge in [-0.25, -0.2) is 4.98 Å². The van der Waals surface area contributed by atoms with Crippen molar-refractivity contribution in [2.24, 2.45) is 0 Å². The van der Waals surface area contributed by atoms with Crippen molar-refractivity contribution in [2.45, 2.75) is 52.9 Å². The van der Waals surface area contributed by atoms with Crippen LogP contribution in [-0.4, -0.2) is 51.5 Å². The Hall–Kier alpha value is -2.83. The van der Waals surface area contributed by atoms with Gasteiger partial charge in [0.15, 0.2) is 0 Å². The van der Waals surface area contributed by atoms with Gasteiger partial charge in [-0.3, -0.25) is 4.79 Å². The molecule has 160 valence electrons. The lowest BCUT2D eigenvalue weighted by molar-refractivity contribution is -0.131.